The first-order valence-electron chi connectivity index (χ1n) is 4.30. The van der Waals surface area contributed by atoms with Crippen LogP contribution in [0, 0.1) is 75.0 Å². The minimum Gasteiger partial charge on any atom is -0.378 e. The van der Waals surface area contributed by atoms with Gasteiger partial charge in [-0.3, -0.25) is 0 Å². The molecule has 1 atom stereocenters. The zero-order valence-corrected chi connectivity index (χ0v) is 9.13. The molecular formula is C12H11FeNO+2. The maximum atomic E-state index is 8.86. The second-order valence-electron chi connectivity index (χ2n) is 2.71. The van der Waals surface area contributed by atoms with E-state index in [1.54, 1.807) is 31.8 Å². The largest absolute Gasteiger partial charge is 2.00 e. The van der Waals surface area contributed by atoms with E-state index in [-0.39, 0.29) is 17.1 Å². The summed E-state index contributed by atoms with van der Waals surface area (Å²) in [5.41, 5.74) is 0. The molecule has 2 saturated carbocycles. The summed E-state index contributed by atoms with van der Waals surface area (Å²) in [6, 6.07) is 1.72. The van der Waals surface area contributed by atoms with Gasteiger partial charge >= 0.3 is 17.1 Å². The van der Waals surface area contributed by atoms with Crippen LogP contribution in [0.5, 0.6) is 0 Å². The molecule has 2 rings (SSSR count). The quantitative estimate of drug-likeness (QED) is 0.555. The van der Waals surface area contributed by atoms with Gasteiger partial charge in [-0.25, -0.2) is 0 Å². The van der Waals surface area contributed by atoms with E-state index in [0.29, 0.717) is 5.92 Å². The molecule has 76 valence electrons. The minimum atomic E-state index is -0.958. The Morgan fingerprint density at radius 2 is 1.33 bits per heavy atom. The van der Waals surface area contributed by atoms with Gasteiger partial charge in [-0.2, -0.15) is 5.26 Å². The summed E-state index contributed by atoms with van der Waals surface area (Å²) in [5, 5.41) is 17.1. The molecule has 0 aromatic rings. The second kappa shape index (κ2) is 9.21. The van der Waals surface area contributed by atoms with Crippen molar-refractivity contribution >= 4 is 0 Å². The predicted molar refractivity (Wildman–Crippen MR) is 53.6 cm³/mol. The number of aliphatic hydroxyl groups is 1. The Hall–Kier alpha value is -0.0305. The van der Waals surface area contributed by atoms with Crippen molar-refractivity contribution in [2.75, 3.05) is 0 Å². The number of nitriles is 1. The first-order chi connectivity index (χ1) is 6.84. The van der Waals surface area contributed by atoms with Gasteiger partial charge in [-0.1, -0.05) is 0 Å². The first kappa shape index (κ1) is 15.0. The van der Waals surface area contributed by atoms with Crippen LogP contribution in [-0.2, 0) is 17.1 Å². The molecule has 0 bridgehead atoms. The normalized spacial score (nSPS) is 22.1. The van der Waals surface area contributed by atoms with Gasteiger partial charge in [0.05, 0.1) is 6.07 Å². The van der Waals surface area contributed by atoms with Crippen LogP contribution in [0.2, 0.25) is 0 Å². The number of aliphatic hydroxyl groups excluding tert-OH is 1. The maximum absolute atomic E-state index is 8.86. The van der Waals surface area contributed by atoms with Gasteiger partial charge in [0.2, 0.25) is 0 Å². The summed E-state index contributed by atoms with van der Waals surface area (Å²) >= 11 is 0. The van der Waals surface area contributed by atoms with E-state index in [1.165, 1.54) is 0 Å². The van der Waals surface area contributed by atoms with Crippen LogP contribution in [0.25, 0.3) is 0 Å². The zero-order valence-electron chi connectivity index (χ0n) is 8.02. The molecular weight excluding hydrogens is 230 g/mol. The van der Waals surface area contributed by atoms with Crippen molar-refractivity contribution in [3.63, 3.8) is 0 Å². The molecule has 0 spiro atoms. The average molecular weight is 241 g/mol. The van der Waals surface area contributed by atoms with Crippen LogP contribution in [0.3, 0.4) is 0 Å². The SMILES string of the molecule is N#CC(O)[C]1[CH][CH][CH][CH]1.[CH]1[CH][CH][CH][CH]1.[Fe+2]. The van der Waals surface area contributed by atoms with Crippen molar-refractivity contribution in [1.29, 1.82) is 5.26 Å². The fraction of sp³-hybridized carbons (Fsp3) is 0.0833. The van der Waals surface area contributed by atoms with Gasteiger partial charge in [0.25, 0.3) is 0 Å². The number of hydrogen-bond acceptors (Lipinski definition) is 2. The van der Waals surface area contributed by atoms with Gasteiger partial charge in [-0.15, -0.1) is 0 Å². The van der Waals surface area contributed by atoms with Crippen molar-refractivity contribution in [3.05, 3.63) is 63.7 Å². The fourth-order valence-electron chi connectivity index (χ4n) is 0.966. The molecule has 0 amide bonds. The molecule has 2 fully saturated rings. The Bertz CT molecular complexity index is 173. The molecule has 2 aliphatic rings. The van der Waals surface area contributed by atoms with Crippen LogP contribution < -0.4 is 0 Å². The summed E-state index contributed by atoms with van der Waals surface area (Å²) < 4.78 is 0. The topological polar surface area (TPSA) is 44.0 Å². The molecule has 3 heteroatoms. The van der Waals surface area contributed by atoms with Crippen LogP contribution in [0.1, 0.15) is 0 Å². The number of nitrogens with zero attached hydrogens (tertiary/aromatic N) is 1. The molecule has 0 saturated heterocycles. The van der Waals surface area contributed by atoms with E-state index in [0.717, 1.165) is 0 Å². The van der Waals surface area contributed by atoms with E-state index in [2.05, 4.69) is 0 Å². The Labute approximate surface area is 104 Å². The van der Waals surface area contributed by atoms with Crippen molar-refractivity contribution in [3.8, 4) is 6.07 Å². The molecule has 0 aliphatic heterocycles. The Morgan fingerprint density at radius 1 is 0.933 bits per heavy atom. The van der Waals surface area contributed by atoms with E-state index < -0.39 is 6.10 Å². The predicted octanol–water partition coefficient (Wildman–Crippen LogP) is 1.30. The third-order valence-corrected chi connectivity index (χ3v) is 1.68. The smallest absolute Gasteiger partial charge is 0.378 e. The van der Waals surface area contributed by atoms with Gasteiger partial charge < -0.3 is 5.11 Å². The molecule has 15 heavy (non-hydrogen) atoms. The van der Waals surface area contributed by atoms with Crippen LogP contribution in [0.4, 0.5) is 0 Å². The number of hydrogen-bond donors (Lipinski definition) is 1. The van der Waals surface area contributed by atoms with E-state index >= 15 is 0 Å². The molecule has 2 nitrogen and oxygen atoms in total. The zero-order chi connectivity index (χ0) is 10.2. The Kier molecular flexibility index (Phi) is 9.20. The summed E-state index contributed by atoms with van der Waals surface area (Å²) in [5.74, 6) is 0.664. The van der Waals surface area contributed by atoms with Gasteiger partial charge in [0, 0.05) is 5.92 Å². The molecule has 0 aromatic heterocycles. The first-order valence-corrected chi connectivity index (χ1v) is 4.30. The van der Waals surface area contributed by atoms with Crippen molar-refractivity contribution in [1.82, 2.24) is 0 Å². The summed E-state index contributed by atoms with van der Waals surface area (Å²) in [6.45, 7) is 0. The van der Waals surface area contributed by atoms with Crippen molar-refractivity contribution in [2.24, 2.45) is 0 Å². The summed E-state index contributed by atoms with van der Waals surface area (Å²) in [7, 11) is 0. The van der Waals surface area contributed by atoms with Gasteiger partial charge in [0.15, 0.2) is 0 Å². The van der Waals surface area contributed by atoms with E-state index in [1.807, 2.05) is 32.1 Å². The molecule has 2 aliphatic carbocycles. The Balaban J connectivity index is 0.000000280. The molecule has 10 radical (unpaired) electrons. The van der Waals surface area contributed by atoms with Crippen LogP contribution in [-0.4, -0.2) is 11.2 Å². The second-order valence-corrected chi connectivity index (χ2v) is 2.71. The standard InChI is InChI=1S/C7H6NO.C5H5.Fe/c8-5-7(9)6-3-1-2-4-6;1-2-4-5-3-1;/h1-4,7,9H;1-5H;/q;;+2. The maximum Gasteiger partial charge on any atom is 2.00 e. The fourth-order valence-corrected chi connectivity index (χ4v) is 0.966. The third-order valence-electron chi connectivity index (χ3n) is 1.68. The van der Waals surface area contributed by atoms with E-state index in [4.69, 9.17) is 10.4 Å². The molecule has 0 heterocycles. The monoisotopic (exact) mass is 241 g/mol. The summed E-state index contributed by atoms with van der Waals surface area (Å²) in [4.78, 5) is 0. The van der Waals surface area contributed by atoms with Crippen molar-refractivity contribution in [2.45, 2.75) is 6.10 Å². The molecule has 1 unspecified atom stereocenters. The molecule has 1 N–H and O–H groups in total. The summed E-state index contributed by atoms with van der Waals surface area (Å²) in [6.07, 6.45) is 16.0. The van der Waals surface area contributed by atoms with Crippen LogP contribution >= 0.6 is 0 Å². The van der Waals surface area contributed by atoms with Gasteiger partial charge in [-0.05, 0) is 57.8 Å². The van der Waals surface area contributed by atoms with E-state index in [9.17, 15) is 0 Å². The number of rotatable bonds is 1. The van der Waals surface area contributed by atoms with Crippen LogP contribution in [0.15, 0.2) is 0 Å². The van der Waals surface area contributed by atoms with Gasteiger partial charge in [0.1, 0.15) is 6.10 Å². The average Bonchev–Trinajstić information content (AvgIpc) is 2.91. The molecule has 0 aromatic carbocycles. The minimum absolute atomic E-state index is 0. The van der Waals surface area contributed by atoms with Crippen molar-refractivity contribution < 1.29 is 22.2 Å². The Morgan fingerprint density at radius 3 is 1.67 bits per heavy atom. The third kappa shape index (κ3) is 6.20.